The number of fused-ring (bicyclic) bond motifs is 1. The van der Waals surface area contributed by atoms with Gasteiger partial charge in [-0.05, 0) is 37.3 Å². The summed E-state index contributed by atoms with van der Waals surface area (Å²) >= 11 is 0. The molecule has 8 heteroatoms. The maximum atomic E-state index is 12.7. The Bertz CT molecular complexity index is 1260. The quantitative estimate of drug-likeness (QED) is 0.526. The third kappa shape index (κ3) is 3.49. The number of nitrogens with one attached hydrogen (secondary N) is 1. The third-order valence-corrected chi connectivity index (χ3v) is 5.58. The summed E-state index contributed by atoms with van der Waals surface area (Å²) in [5, 5.41) is 0. The lowest BCUT2D eigenvalue weighted by Gasteiger charge is -2.10. The highest BCUT2D eigenvalue weighted by Gasteiger charge is 2.16. The lowest BCUT2D eigenvalue weighted by Crippen LogP contribution is -2.13. The van der Waals surface area contributed by atoms with Crippen molar-refractivity contribution in [2.45, 2.75) is 11.8 Å². The maximum absolute atomic E-state index is 12.7. The van der Waals surface area contributed by atoms with Crippen LogP contribution in [0.5, 0.6) is 0 Å². The molecule has 0 amide bonds. The number of imidazole rings is 1. The molecule has 140 valence electrons. The molecule has 2 aromatic carbocycles. The van der Waals surface area contributed by atoms with Crippen molar-refractivity contribution >= 4 is 27.3 Å². The Morgan fingerprint density at radius 3 is 2.68 bits per heavy atom. The Morgan fingerprint density at radius 2 is 1.89 bits per heavy atom. The van der Waals surface area contributed by atoms with E-state index in [0.717, 1.165) is 5.56 Å². The van der Waals surface area contributed by atoms with E-state index in [-0.39, 0.29) is 10.7 Å². The highest BCUT2D eigenvalue weighted by molar-refractivity contribution is 7.92. The predicted molar refractivity (Wildman–Crippen MR) is 106 cm³/mol. The summed E-state index contributed by atoms with van der Waals surface area (Å²) in [6, 6.07) is 14.7. The first-order valence-corrected chi connectivity index (χ1v) is 9.95. The second kappa shape index (κ2) is 6.90. The SMILES string of the molecule is CC(=O)c1cccc(S(=O)(=O)Nc2cccc(-c3cn4cccnc4n3)c2)c1. The van der Waals surface area contributed by atoms with Crippen molar-refractivity contribution in [2.24, 2.45) is 0 Å². The van der Waals surface area contributed by atoms with Gasteiger partial charge in [0.05, 0.1) is 10.6 Å². The normalized spacial score (nSPS) is 11.5. The monoisotopic (exact) mass is 392 g/mol. The summed E-state index contributed by atoms with van der Waals surface area (Å²) in [5.74, 6) is 0.365. The molecule has 0 fully saturated rings. The zero-order chi connectivity index (χ0) is 19.7. The van der Waals surface area contributed by atoms with E-state index in [1.165, 1.54) is 19.1 Å². The molecule has 4 rings (SSSR count). The number of hydrogen-bond donors (Lipinski definition) is 1. The van der Waals surface area contributed by atoms with E-state index in [1.54, 1.807) is 47.0 Å². The summed E-state index contributed by atoms with van der Waals surface area (Å²) in [4.78, 5) is 20.2. The molecule has 2 aromatic heterocycles. The number of carbonyl (C=O) groups is 1. The van der Waals surface area contributed by atoms with Crippen LogP contribution in [-0.4, -0.2) is 28.6 Å². The molecule has 2 heterocycles. The zero-order valence-electron chi connectivity index (χ0n) is 14.9. The van der Waals surface area contributed by atoms with E-state index >= 15 is 0 Å². The standard InChI is InChI=1S/C20H16N4O3S/c1-14(25)15-5-3-8-18(12-15)28(26,27)23-17-7-2-6-16(11-17)19-13-24-10-4-9-21-20(24)22-19/h2-13,23H,1H3. The van der Waals surface area contributed by atoms with Gasteiger partial charge in [-0.1, -0.05) is 24.3 Å². The first-order chi connectivity index (χ1) is 13.4. The lowest BCUT2D eigenvalue weighted by molar-refractivity contribution is 0.101. The summed E-state index contributed by atoms with van der Waals surface area (Å²) in [7, 11) is -3.83. The fourth-order valence-electron chi connectivity index (χ4n) is 2.81. The molecule has 0 saturated heterocycles. The molecule has 4 aromatic rings. The fourth-order valence-corrected chi connectivity index (χ4v) is 3.90. The summed E-state index contributed by atoms with van der Waals surface area (Å²) in [6.45, 7) is 1.40. The lowest BCUT2D eigenvalue weighted by atomic mass is 10.1. The van der Waals surface area contributed by atoms with Gasteiger partial charge in [0.2, 0.25) is 5.78 Å². The van der Waals surface area contributed by atoms with Gasteiger partial charge in [0.1, 0.15) is 0 Å². The summed E-state index contributed by atoms with van der Waals surface area (Å²) < 4.78 is 29.8. The molecule has 0 spiro atoms. The van der Waals surface area contributed by atoms with Gasteiger partial charge in [0, 0.05) is 35.4 Å². The highest BCUT2D eigenvalue weighted by atomic mass is 32.2. The number of carbonyl (C=O) groups excluding carboxylic acids is 1. The Balaban J connectivity index is 1.66. The first kappa shape index (κ1) is 17.9. The van der Waals surface area contributed by atoms with E-state index in [1.807, 2.05) is 18.5 Å². The molecular weight excluding hydrogens is 376 g/mol. The van der Waals surface area contributed by atoms with Crippen molar-refractivity contribution in [2.75, 3.05) is 4.72 Å². The molecule has 28 heavy (non-hydrogen) atoms. The predicted octanol–water partition coefficient (Wildman–Crippen LogP) is 3.40. The molecule has 0 aliphatic rings. The zero-order valence-corrected chi connectivity index (χ0v) is 15.7. The molecule has 0 radical (unpaired) electrons. The van der Waals surface area contributed by atoms with Gasteiger partial charge in [-0.2, -0.15) is 0 Å². The molecular formula is C20H16N4O3S. The van der Waals surface area contributed by atoms with E-state index in [4.69, 9.17) is 0 Å². The number of aromatic nitrogens is 3. The topological polar surface area (TPSA) is 93.4 Å². The third-order valence-electron chi connectivity index (χ3n) is 4.20. The van der Waals surface area contributed by atoms with Crippen molar-refractivity contribution in [3.8, 4) is 11.3 Å². The summed E-state index contributed by atoms with van der Waals surface area (Å²) in [5.41, 5.74) is 2.17. The van der Waals surface area contributed by atoms with Gasteiger partial charge < -0.3 is 0 Å². The smallest absolute Gasteiger partial charge is 0.261 e. The molecule has 0 saturated carbocycles. The molecule has 7 nitrogen and oxygen atoms in total. The second-order valence-electron chi connectivity index (χ2n) is 6.22. The largest absolute Gasteiger partial charge is 0.295 e. The van der Waals surface area contributed by atoms with Crippen LogP contribution in [0.25, 0.3) is 17.0 Å². The van der Waals surface area contributed by atoms with Crippen molar-refractivity contribution < 1.29 is 13.2 Å². The Kier molecular flexibility index (Phi) is 4.40. The number of sulfonamides is 1. The van der Waals surface area contributed by atoms with Gasteiger partial charge in [-0.15, -0.1) is 0 Å². The number of hydrogen-bond acceptors (Lipinski definition) is 5. The maximum Gasteiger partial charge on any atom is 0.261 e. The van der Waals surface area contributed by atoms with Crippen LogP contribution in [0, 0.1) is 0 Å². The minimum absolute atomic E-state index is 0.0301. The Hall–Kier alpha value is -3.52. The number of anilines is 1. The molecule has 0 aliphatic heterocycles. The van der Waals surface area contributed by atoms with Crippen LogP contribution in [0.15, 0.2) is 78.1 Å². The van der Waals surface area contributed by atoms with Gasteiger partial charge in [-0.25, -0.2) is 18.4 Å². The Morgan fingerprint density at radius 1 is 1.07 bits per heavy atom. The Labute approximate surface area is 161 Å². The number of Topliss-reactive ketones (excluding diaryl/α,β-unsaturated/α-hetero) is 1. The van der Waals surface area contributed by atoms with E-state index in [2.05, 4.69) is 14.7 Å². The van der Waals surface area contributed by atoms with Crippen LogP contribution in [-0.2, 0) is 10.0 Å². The van der Waals surface area contributed by atoms with Gasteiger partial charge in [0.15, 0.2) is 5.78 Å². The van der Waals surface area contributed by atoms with Crippen molar-refractivity contribution in [1.82, 2.24) is 14.4 Å². The van der Waals surface area contributed by atoms with Gasteiger partial charge in [0.25, 0.3) is 10.0 Å². The first-order valence-electron chi connectivity index (χ1n) is 8.46. The minimum Gasteiger partial charge on any atom is -0.295 e. The van der Waals surface area contributed by atoms with Crippen LogP contribution < -0.4 is 4.72 Å². The average Bonchev–Trinajstić information content (AvgIpc) is 3.12. The summed E-state index contributed by atoms with van der Waals surface area (Å²) in [6.07, 6.45) is 5.32. The van der Waals surface area contributed by atoms with Crippen molar-refractivity contribution in [3.05, 3.63) is 78.8 Å². The molecule has 0 unspecified atom stereocenters. The molecule has 0 aliphatic carbocycles. The van der Waals surface area contributed by atoms with Crippen LogP contribution >= 0.6 is 0 Å². The number of rotatable bonds is 5. The van der Waals surface area contributed by atoms with Crippen molar-refractivity contribution in [1.29, 1.82) is 0 Å². The van der Waals surface area contributed by atoms with Crippen LogP contribution in [0.4, 0.5) is 5.69 Å². The van der Waals surface area contributed by atoms with Gasteiger partial charge in [-0.3, -0.25) is 13.9 Å². The molecule has 1 N–H and O–H groups in total. The van der Waals surface area contributed by atoms with Crippen LogP contribution in [0.3, 0.4) is 0 Å². The minimum atomic E-state index is -3.83. The van der Waals surface area contributed by atoms with Gasteiger partial charge >= 0.3 is 0 Å². The average molecular weight is 392 g/mol. The molecule has 0 bridgehead atoms. The second-order valence-corrected chi connectivity index (χ2v) is 7.91. The number of benzene rings is 2. The van der Waals surface area contributed by atoms with E-state index < -0.39 is 10.0 Å². The fraction of sp³-hybridized carbons (Fsp3) is 0.0500. The number of nitrogens with zero attached hydrogens (tertiary/aromatic N) is 3. The van der Waals surface area contributed by atoms with E-state index in [0.29, 0.717) is 22.7 Å². The van der Waals surface area contributed by atoms with Crippen LogP contribution in [0.1, 0.15) is 17.3 Å². The molecule has 0 atom stereocenters. The highest BCUT2D eigenvalue weighted by Crippen LogP contribution is 2.24. The number of ketones is 1. The van der Waals surface area contributed by atoms with Crippen molar-refractivity contribution in [3.63, 3.8) is 0 Å². The van der Waals surface area contributed by atoms with E-state index in [9.17, 15) is 13.2 Å². The van der Waals surface area contributed by atoms with Crippen LogP contribution in [0.2, 0.25) is 0 Å².